The SMILES string of the molecule is CNCC1CCCN1C1CCN(Cc2ccccc2)C1. The van der Waals surface area contributed by atoms with E-state index in [4.69, 9.17) is 0 Å². The number of hydrogen-bond acceptors (Lipinski definition) is 3. The van der Waals surface area contributed by atoms with Crippen molar-refractivity contribution in [2.24, 2.45) is 0 Å². The number of rotatable bonds is 5. The van der Waals surface area contributed by atoms with Crippen LogP contribution in [0.25, 0.3) is 0 Å². The summed E-state index contributed by atoms with van der Waals surface area (Å²) >= 11 is 0. The zero-order valence-corrected chi connectivity index (χ0v) is 12.6. The van der Waals surface area contributed by atoms with Crippen molar-refractivity contribution in [2.75, 3.05) is 33.2 Å². The van der Waals surface area contributed by atoms with Gasteiger partial charge in [-0.3, -0.25) is 9.80 Å². The molecule has 2 atom stereocenters. The molecule has 2 unspecified atom stereocenters. The Balaban J connectivity index is 1.54. The minimum absolute atomic E-state index is 0.765. The van der Waals surface area contributed by atoms with Crippen LogP contribution < -0.4 is 5.32 Å². The number of hydrogen-bond donors (Lipinski definition) is 1. The standard InChI is InChI=1S/C17H27N3/c1-18-12-16-8-5-10-20(16)17-9-11-19(14-17)13-15-6-3-2-4-7-15/h2-4,6-7,16-18H,5,8-14H2,1H3. The second kappa shape index (κ2) is 6.70. The summed E-state index contributed by atoms with van der Waals surface area (Å²) in [6.07, 6.45) is 4.09. The summed E-state index contributed by atoms with van der Waals surface area (Å²) < 4.78 is 0. The summed E-state index contributed by atoms with van der Waals surface area (Å²) in [6.45, 7) is 6.06. The summed E-state index contributed by atoms with van der Waals surface area (Å²) in [7, 11) is 2.08. The zero-order chi connectivity index (χ0) is 13.8. The first-order valence-electron chi connectivity index (χ1n) is 8.03. The minimum Gasteiger partial charge on any atom is -0.318 e. The highest BCUT2D eigenvalue weighted by molar-refractivity contribution is 5.14. The summed E-state index contributed by atoms with van der Waals surface area (Å²) in [5, 5.41) is 3.36. The van der Waals surface area contributed by atoms with Crippen LogP contribution in [-0.2, 0) is 6.54 Å². The molecule has 0 saturated carbocycles. The lowest BCUT2D eigenvalue weighted by molar-refractivity contribution is 0.174. The van der Waals surface area contributed by atoms with Gasteiger partial charge in [-0.1, -0.05) is 30.3 Å². The molecule has 1 aromatic carbocycles. The molecule has 0 amide bonds. The van der Waals surface area contributed by atoms with E-state index in [-0.39, 0.29) is 0 Å². The Kier molecular flexibility index (Phi) is 4.71. The lowest BCUT2D eigenvalue weighted by atomic mass is 10.1. The second-order valence-electron chi connectivity index (χ2n) is 6.25. The maximum absolute atomic E-state index is 3.36. The molecule has 1 N–H and O–H groups in total. The van der Waals surface area contributed by atoms with E-state index >= 15 is 0 Å². The van der Waals surface area contributed by atoms with E-state index in [1.54, 1.807) is 0 Å². The molecule has 1 aromatic rings. The Morgan fingerprint density at radius 2 is 2.00 bits per heavy atom. The number of nitrogens with zero attached hydrogens (tertiary/aromatic N) is 2. The molecule has 2 aliphatic heterocycles. The van der Waals surface area contributed by atoms with Gasteiger partial charge in [0.15, 0.2) is 0 Å². The van der Waals surface area contributed by atoms with Crippen LogP contribution in [0.15, 0.2) is 30.3 Å². The topological polar surface area (TPSA) is 18.5 Å². The van der Waals surface area contributed by atoms with E-state index in [0.29, 0.717) is 0 Å². The molecule has 3 rings (SSSR count). The van der Waals surface area contributed by atoms with Crippen LogP contribution in [-0.4, -0.2) is 55.1 Å². The van der Waals surface area contributed by atoms with Gasteiger partial charge in [0, 0.05) is 38.3 Å². The highest BCUT2D eigenvalue weighted by Crippen LogP contribution is 2.25. The lowest BCUT2D eigenvalue weighted by Gasteiger charge is -2.30. The maximum atomic E-state index is 3.36. The molecule has 2 saturated heterocycles. The third kappa shape index (κ3) is 3.22. The van der Waals surface area contributed by atoms with E-state index in [1.807, 2.05) is 0 Å². The summed E-state index contributed by atoms with van der Waals surface area (Å²) in [5.41, 5.74) is 1.45. The fourth-order valence-electron chi connectivity index (χ4n) is 3.86. The van der Waals surface area contributed by atoms with Crippen molar-refractivity contribution in [3.8, 4) is 0 Å². The smallest absolute Gasteiger partial charge is 0.0238 e. The van der Waals surface area contributed by atoms with Crippen molar-refractivity contribution in [3.05, 3.63) is 35.9 Å². The molecule has 2 heterocycles. The first kappa shape index (κ1) is 14.1. The third-order valence-electron chi connectivity index (χ3n) is 4.83. The normalized spacial score (nSPS) is 28.2. The van der Waals surface area contributed by atoms with Crippen LogP contribution in [0.5, 0.6) is 0 Å². The van der Waals surface area contributed by atoms with Crippen LogP contribution in [0.4, 0.5) is 0 Å². The first-order valence-corrected chi connectivity index (χ1v) is 8.03. The largest absolute Gasteiger partial charge is 0.318 e. The van der Waals surface area contributed by atoms with Gasteiger partial charge in [0.2, 0.25) is 0 Å². The molecule has 3 nitrogen and oxygen atoms in total. The van der Waals surface area contributed by atoms with E-state index in [0.717, 1.165) is 25.2 Å². The fourth-order valence-corrected chi connectivity index (χ4v) is 3.86. The third-order valence-corrected chi connectivity index (χ3v) is 4.83. The molecular weight excluding hydrogens is 246 g/mol. The van der Waals surface area contributed by atoms with Crippen molar-refractivity contribution < 1.29 is 0 Å². The summed E-state index contributed by atoms with van der Waals surface area (Å²) in [4.78, 5) is 5.39. The Morgan fingerprint density at radius 1 is 1.15 bits per heavy atom. The molecule has 0 spiro atoms. The van der Waals surface area contributed by atoms with Crippen molar-refractivity contribution in [1.29, 1.82) is 0 Å². The van der Waals surface area contributed by atoms with Crippen LogP contribution >= 0.6 is 0 Å². The van der Waals surface area contributed by atoms with Gasteiger partial charge in [-0.15, -0.1) is 0 Å². The Morgan fingerprint density at radius 3 is 2.80 bits per heavy atom. The van der Waals surface area contributed by atoms with Crippen LogP contribution in [0.2, 0.25) is 0 Å². The maximum Gasteiger partial charge on any atom is 0.0238 e. The van der Waals surface area contributed by atoms with E-state index in [9.17, 15) is 0 Å². The van der Waals surface area contributed by atoms with Crippen LogP contribution in [0.1, 0.15) is 24.8 Å². The first-order chi connectivity index (χ1) is 9.86. The highest BCUT2D eigenvalue weighted by atomic mass is 15.3. The average Bonchev–Trinajstić information content (AvgIpc) is 3.09. The second-order valence-corrected chi connectivity index (χ2v) is 6.25. The van der Waals surface area contributed by atoms with Gasteiger partial charge < -0.3 is 5.32 Å². The van der Waals surface area contributed by atoms with Gasteiger partial charge in [-0.05, 0) is 38.4 Å². The van der Waals surface area contributed by atoms with Crippen LogP contribution in [0.3, 0.4) is 0 Å². The quantitative estimate of drug-likeness (QED) is 0.884. The average molecular weight is 273 g/mol. The van der Waals surface area contributed by atoms with Gasteiger partial charge in [-0.2, -0.15) is 0 Å². The molecule has 0 aromatic heterocycles. The Labute approximate surface area is 123 Å². The van der Waals surface area contributed by atoms with Crippen LogP contribution in [0, 0.1) is 0 Å². The molecule has 2 fully saturated rings. The van der Waals surface area contributed by atoms with E-state index in [1.165, 1.54) is 44.5 Å². The summed E-state index contributed by atoms with van der Waals surface area (Å²) in [5.74, 6) is 0. The zero-order valence-electron chi connectivity index (χ0n) is 12.6. The van der Waals surface area contributed by atoms with E-state index < -0.39 is 0 Å². The number of likely N-dealkylation sites (tertiary alicyclic amines) is 2. The predicted octanol–water partition coefficient (Wildman–Crippen LogP) is 1.94. The van der Waals surface area contributed by atoms with Gasteiger partial charge in [0.05, 0.1) is 0 Å². The molecule has 110 valence electrons. The fraction of sp³-hybridized carbons (Fsp3) is 0.647. The van der Waals surface area contributed by atoms with Crippen molar-refractivity contribution >= 4 is 0 Å². The number of benzene rings is 1. The Bertz CT molecular complexity index is 406. The Hall–Kier alpha value is -0.900. The van der Waals surface area contributed by atoms with Crippen molar-refractivity contribution in [1.82, 2.24) is 15.1 Å². The molecule has 2 aliphatic rings. The van der Waals surface area contributed by atoms with Gasteiger partial charge in [0.25, 0.3) is 0 Å². The minimum atomic E-state index is 0.765. The van der Waals surface area contributed by atoms with Crippen molar-refractivity contribution in [3.63, 3.8) is 0 Å². The van der Waals surface area contributed by atoms with Crippen molar-refractivity contribution in [2.45, 2.75) is 37.9 Å². The van der Waals surface area contributed by atoms with E-state index in [2.05, 4.69) is 52.5 Å². The monoisotopic (exact) mass is 273 g/mol. The molecular formula is C17H27N3. The lowest BCUT2D eigenvalue weighted by Crippen LogP contribution is -2.44. The highest BCUT2D eigenvalue weighted by Gasteiger charge is 2.34. The number of likely N-dealkylation sites (N-methyl/N-ethyl adjacent to an activating group) is 1. The van der Waals surface area contributed by atoms with Gasteiger partial charge in [0.1, 0.15) is 0 Å². The molecule has 20 heavy (non-hydrogen) atoms. The number of nitrogens with one attached hydrogen (secondary N) is 1. The molecule has 0 radical (unpaired) electrons. The summed E-state index contributed by atoms with van der Waals surface area (Å²) in [6, 6.07) is 12.4. The van der Waals surface area contributed by atoms with Gasteiger partial charge in [-0.25, -0.2) is 0 Å². The molecule has 3 heteroatoms. The predicted molar refractivity (Wildman–Crippen MR) is 83.8 cm³/mol. The molecule has 0 bridgehead atoms. The molecule has 0 aliphatic carbocycles. The van der Waals surface area contributed by atoms with Gasteiger partial charge >= 0.3 is 0 Å².